The summed E-state index contributed by atoms with van der Waals surface area (Å²) in [6.45, 7) is 8.37. The highest BCUT2D eigenvalue weighted by Gasteiger charge is 2.08. The normalized spacial score (nSPS) is 12.5. The molecule has 0 saturated carbocycles. The van der Waals surface area contributed by atoms with Crippen LogP contribution in [0.3, 0.4) is 0 Å². The highest BCUT2D eigenvalue weighted by atomic mass is 16.7. The summed E-state index contributed by atoms with van der Waals surface area (Å²) in [5.74, 6) is -0.217. The van der Waals surface area contributed by atoms with Crippen LogP contribution in [0.5, 0.6) is 0 Å². The number of hydrogen-bond acceptors (Lipinski definition) is 3. The lowest BCUT2D eigenvalue weighted by Gasteiger charge is -2.25. The van der Waals surface area contributed by atoms with E-state index in [4.69, 9.17) is 10.6 Å². The molecule has 0 aliphatic heterocycles. The number of primary amides is 1. The molecule has 27 heavy (non-hydrogen) atoms. The maximum absolute atomic E-state index is 10.6. The molecule has 0 spiro atoms. The quantitative estimate of drug-likeness (QED) is 0.189. The van der Waals surface area contributed by atoms with Gasteiger partial charge in [-0.3, -0.25) is 9.63 Å². The standard InChI is InChI=1S/C23H42N2O2/c1-4-5-6-18-21-27-25(22(2)3)20-17-15-13-11-9-7-8-10-12-14-16-19-23(24)26/h7,9-10,12-13,15,22H,4-6,8,11,14,16-21H2,1-3H3,(H2,24,26)/b9-7-,12-10-,15-13-. The van der Waals surface area contributed by atoms with Gasteiger partial charge in [0.05, 0.1) is 6.61 Å². The second kappa shape index (κ2) is 19.4. The predicted molar refractivity (Wildman–Crippen MR) is 116 cm³/mol. The summed E-state index contributed by atoms with van der Waals surface area (Å²) in [6, 6.07) is 0.416. The summed E-state index contributed by atoms with van der Waals surface area (Å²) in [6.07, 6.45) is 23.2. The Morgan fingerprint density at radius 1 is 0.926 bits per heavy atom. The average molecular weight is 379 g/mol. The van der Waals surface area contributed by atoms with Gasteiger partial charge in [0.2, 0.25) is 5.91 Å². The lowest BCUT2D eigenvalue weighted by atomic mass is 10.2. The molecule has 0 rings (SSSR count). The van der Waals surface area contributed by atoms with E-state index in [9.17, 15) is 4.79 Å². The van der Waals surface area contributed by atoms with Crippen molar-refractivity contribution >= 4 is 5.91 Å². The second-order valence-electron chi connectivity index (χ2n) is 7.16. The van der Waals surface area contributed by atoms with E-state index in [-0.39, 0.29) is 5.91 Å². The number of nitrogens with two attached hydrogens (primary N) is 1. The molecular weight excluding hydrogens is 336 g/mol. The van der Waals surface area contributed by atoms with Crippen molar-refractivity contribution in [1.29, 1.82) is 0 Å². The van der Waals surface area contributed by atoms with E-state index in [1.165, 1.54) is 19.3 Å². The Kier molecular flexibility index (Phi) is 18.4. The number of amides is 1. The molecule has 0 aromatic rings. The minimum atomic E-state index is -0.217. The van der Waals surface area contributed by atoms with Gasteiger partial charge in [-0.2, -0.15) is 5.06 Å². The topological polar surface area (TPSA) is 55.6 Å². The van der Waals surface area contributed by atoms with Crippen LogP contribution in [0.1, 0.15) is 85.0 Å². The number of unbranched alkanes of at least 4 members (excludes halogenated alkanes) is 4. The van der Waals surface area contributed by atoms with Gasteiger partial charge in [0.15, 0.2) is 0 Å². The Morgan fingerprint density at radius 2 is 1.56 bits per heavy atom. The molecule has 0 heterocycles. The van der Waals surface area contributed by atoms with Gasteiger partial charge >= 0.3 is 0 Å². The van der Waals surface area contributed by atoms with E-state index in [0.29, 0.717) is 12.5 Å². The smallest absolute Gasteiger partial charge is 0.217 e. The third-order valence-corrected chi connectivity index (χ3v) is 4.19. The van der Waals surface area contributed by atoms with Crippen LogP contribution in [0.15, 0.2) is 36.5 Å². The molecule has 0 aromatic carbocycles. The first-order chi connectivity index (χ1) is 13.1. The van der Waals surface area contributed by atoms with E-state index in [1.807, 2.05) is 0 Å². The van der Waals surface area contributed by atoms with E-state index < -0.39 is 0 Å². The van der Waals surface area contributed by atoms with Gasteiger partial charge < -0.3 is 5.73 Å². The molecule has 0 bridgehead atoms. The first kappa shape index (κ1) is 25.6. The Bertz CT molecular complexity index is 428. The molecule has 2 N–H and O–H groups in total. The summed E-state index contributed by atoms with van der Waals surface area (Å²) >= 11 is 0. The maximum Gasteiger partial charge on any atom is 0.217 e. The summed E-state index contributed by atoms with van der Waals surface area (Å²) in [7, 11) is 0. The zero-order valence-electron chi connectivity index (χ0n) is 17.9. The van der Waals surface area contributed by atoms with E-state index in [0.717, 1.165) is 51.7 Å². The Balaban J connectivity index is 3.71. The monoisotopic (exact) mass is 378 g/mol. The van der Waals surface area contributed by atoms with Crippen LogP contribution < -0.4 is 5.73 Å². The zero-order valence-corrected chi connectivity index (χ0v) is 17.9. The van der Waals surface area contributed by atoms with Crippen LogP contribution in [0.2, 0.25) is 0 Å². The van der Waals surface area contributed by atoms with Crippen molar-refractivity contribution in [2.75, 3.05) is 13.2 Å². The van der Waals surface area contributed by atoms with Gasteiger partial charge in [-0.1, -0.05) is 62.6 Å². The van der Waals surface area contributed by atoms with Crippen LogP contribution in [0.4, 0.5) is 0 Å². The highest BCUT2D eigenvalue weighted by Crippen LogP contribution is 2.05. The number of nitrogens with zero attached hydrogens (tertiary/aromatic N) is 1. The number of carbonyl (C=O) groups excluding carboxylic acids is 1. The van der Waals surface area contributed by atoms with Gasteiger partial charge in [0, 0.05) is 19.0 Å². The molecule has 0 aliphatic carbocycles. The highest BCUT2D eigenvalue weighted by molar-refractivity contribution is 5.73. The van der Waals surface area contributed by atoms with Gasteiger partial charge in [0.25, 0.3) is 0 Å². The molecule has 0 radical (unpaired) electrons. The second-order valence-corrected chi connectivity index (χ2v) is 7.16. The fraction of sp³-hybridized carbons (Fsp3) is 0.696. The summed E-state index contributed by atoms with van der Waals surface area (Å²) in [5.41, 5.74) is 5.10. The predicted octanol–water partition coefficient (Wildman–Crippen LogP) is 5.70. The van der Waals surface area contributed by atoms with Crippen molar-refractivity contribution in [3.05, 3.63) is 36.5 Å². The summed E-state index contributed by atoms with van der Waals surface area (Å²) in [4.78, 5) is 16.5. The van der Waals surface area contributed by atoms with E-state index in [1.54, 1.807) is 0 Å². The van der Waals surface area contributed by atoms with Crippen molar-refractivity contribution in [2.24, 2.45) is 5.73 Å². The first-order valence-electron chi connectivity index (χ1n) is 10.7. The molecule has 0 aliphatic rings. The molecule has 0 atom stereocenters. The van der Waals surface area contributed by atoms with Crippen LogP contribution in [0, 0.1) is 0 Å². The Hall–Kier alpha value is -1.39. The van der Waals surface area contributed by atoms with Crippen LogP contribution in [-0.4, -0.2) is 30.2 Å². The minimum absolute atomic E-state index is 0.217. The van der Waals surface area contributed by atoms with Crippen molar-refractivity contribution in [1.82, 2.24) is 5.06 Å². The van der Waals surface area contributed by atoms with Crippen molar-refractivity contribution in [3.63, 3.8) is 0 Å². The molecule has 0 aromatic heterocycles. The molecule has 0 saturated heterocycles. The van der Waals surface area contributed by atoms with E-state index >= 15 is 0 Å². The number of hydroxylamine groups is 2. The largest absolute Gasteiger partial charge is 0.370 e. The lowest BCUT2D eigenvalue weighted by Crippen LogP contribution is -2.32. The lowest BCUT2D eigenvalue weighted by molar-refractivity contribution is -0.179. The molecule has 1 amide bonds. The van der Waals surface area contributed by atoms with E-state index in [2.05, 4.69) is 62.3 Å². The van der Waals surface area contributed by atoms with Crippen molar-refractivity contribution < 1.29 is 9.63 Å². The van der Waals surface area contributed by atoms with Crippen molar-refractivity contribution in [2.45, 2.75) is 91.0 Å². The van der Waals surface area contributed by atoms with Crippen LogP contribution in [-0.2, 0) is 9.63 Å². The summed E-state index contributed by atoms with van der Waals surface area (Å²) < 4.78 is 0. The third kappa shape index (κ3) is 19.2. The molecular formula is C23H42N2O2. The van der Waals surface area contributed by atoms with Crippen molar-refractivity contribution in [3.8, 4) is 0 Å². The molecule has 4 nitrogen and oxygen atoms in total. The number of rotatable bonds is 18. The Labute approximate surface area is 167 Å². The Morgan fingerprint density at radius 3 is 2.15 bits per heavy atom. The molecule has 4 heteroatoms. The van der Waals surface area contributed by atoms with Gasteiger partial charge in [-0.25, -0.2) is 0 Å². The van der Waals surface area contributed by atoms with Gasteiger partial charge in [-0.05, 0) is 52.4 Å². The number of hydrogen-bond donors (Lipinski definition) is 1. The molecule has 156 valence electrons. The van der Waals surface area contributed by atoms with Crippen LogP contribution >= 0.6 is 0 Å². The summed E-state index contributed by atoms with van der Waals surface area (Å²) in [5, 5.41) is 2.11. The third-order valence-electron chi connectivity index (χ3n) is 4.19. The van der Waals surface area contributed by atoms with Crippen LogP contribution in [0.25, 0.3) is 0 Å². The first-order valence-corrected chi connectivity index (χ1v) is 10.7. The number of allylic oxidation sites excluding steroid dienone is 5. The fourth-order valence-corrected chi connectivity index (χ4v) is 2.56. The SMILES string of the molecule is CCCCCCON(CC/C=C\C/C=C\C/C=C\CCCC(N)=O)C(C)C. The van der Waals surface area contributed by atoms with Gasteiger partial charge in [0.1, 0.15) is 0 Å². The molecule has 0 fully saturated rings. The zero-order chi connectivity index (χ0) is 20.2. The number of carbonyl (C=O) groups is 1. The fourth-order valence-electron chi connectivity index (χ4n) is 2.56. The average Bonchev–Trinajstić information content (AvgIpc) is 2.63. The maximum atomic E-state index is 10.6. The minimum Gasteiger partial charge on any atom is -0.370 e. The molecule has 0 unspecified atom stereocenters. The van der Waals surface area contributed by atoms with Gasteiger partial charge in [-0.15, -0.1) is 0 Å².